The summed E-state index contributed by atoms with van der Waals surface area (Å²) in [6, 6.07) is 2.51. The van der Waals surface area contributed by atoms with Crippen LogP contribution in [0.5, 0.6) is 0 Å². The van der Waals surface area contributed by atoms with E-state index in [4.69, 9.17) is 28.3 Å². The number of anilines is 1. The molecule has 2 rings (SSSR count). The van der Waals surface area contributed by atoms with Crippen LogP contribution in [0.1, 0.15) is 5.56 Å². The first-order valence-corrected chi connectivity index (χ1v) is 5.07. The van der Waals surface area contributed by atoms with E-state index in [0.717, 1.165) is 0 Å². The molecule has 6 heteroatoms. The lowest BCUT2D eigenvalue weighted by molar-refractivity contribution is -0.138. The van der Waals surface area contributed by atoms with E-state index in [1.54, 1.807) is 0 Å². The number of rotatable bonds is 1. The van der Waals surface area contributed by atoms with Crippen molar-refractivity contribution in [2.24, 2.45) is 0 Å². The van der Waals surface area contributed by atoms with Gasteiger partial charge in [0.1, 0.15) is 5.82 Å². The first kappa shape index (κ1) is 11.2. The van der Waals surface area contributed by atoms with Gasteiger partial charge in [-0.25, -0.2) is 9.18 Å². The van der Waals surface area contributed by atoms with Gasteiger partial charge in [-0.15, -0.1) is 0 Å². The minimum atomic E-state index is -1.71. The van der Waals surface area contributed by atoms with Crippen LogP contribution in [0.2, 0.25) is 5.02 Å². The highest BCUT2D eigenvalue weighted by Gasteiger charge is 2.36. The Balaban J connectivity index is 2.49. The molecule has 3 nitrogen and oxygen atoms in total. The fourth-order valence-corrected chi connectivity index (χ4v) is 1.70. The van der Waals surface area contributed by atoms with Crippen molar-refractivity contribution < 1.29 is 14.3 Å². The lowest BCUT2D eigenvalue weighted by atomic mass is 10.1. The van der Waals surface area contributed by atoms with Crippen LogP contribution < -0.4 is 5.32 Å². The molecule has 1 aliphatic heterocycles. The third-order valence-electron chi connectivity index (χ3n) is 2.21. The Morgan fingerprint density at radius 1 is 1.50 bits per heavy atom. The predicted octanol–water partition coefficient (Wildman–Crippen LogP) is 2.94. The third kappa shape index (κ3) is 1.74. The molecular formula is C10H6Cl2FNO2. The Morgan fingerprint density at radius 3 is 2.81 bits per heavy atom. The molecule has 0 spiro atoms. The van der Waals surface area contributed by atoms with Crippen molar-refractivity contribution in [3.8, 4) is 0 Å². The van der Waals surface area contributed by atoms with Crippen LogP contribution in [-0.4, -0.2) is 16.1 Å². The summed E-state index contributed by atoms with van der Waals surface area (Å²) < 4.78 is 13.1. The maximum absolute atomic E-state index is 13.1. The largest absolute Gasteiger partial charge is 0.478 e. The van der Waals surface area contributed by atoms with E-state index in [9.17, 15) is 9.18 Å². The van der Waals surface area contributed by atoms with Gasteiger partial charge in [0.2, 0.25) is 5.00 Å². The van der Waals surface area contributed by atoms with E-state index >= 15 is 0 Å². The monoisotopic (exact) mass is 261 g/mol. The Kier molecular flexibility index (Phi) is 2.56. The van der Waals surface area contributed by atoms with Crippen LogP contribution in [0.4, 0.5) is 10.1 Å². The lowest BCUT2D eigenvalue weighted by Gasteiger charge is -2.26. The molecule has 0 fully saturated rings. The number of nitrogens with one attached hydrogen (secondary N) is 1. The molecule has 1 aromatic rings. The number of carboxylic acid groups (broad SMARTS) is 1. The van der Waals surface area contributed by atoms with Crippen molar-refractivity contribution in [1.82, 2.24) is 0 Å². The van der Waals surface area contributed by atoms with Gasteiger partial charge in [-0.3, -0.25) is 0 Å². The molecule has 0 aromatic heterocycles. The van der Waals surface area contributed by atoms with Crippen molar-refractivity contribution >= 4 is 40.9 Å². The Bertz CT molecular complexity index is 504. The van der Waals surface area contributed by atoms with Gasteiger partial charge >= 0.3 is 5.97 Å². The van der Waals surface area contributed by atoms with Crippen LogP contribution in [-0.2, 0) is 4.79 Å². The molecular weight excluding hydrogens is 256 g/mol. The van der Waals surface area contributed by atoms with Crippen LogP contribution in [0.25, 0.3) is 6.08 Å². The molecule has 1 heterocycles. The van der Waals surface area contributed by atoms with E-state index in [1.807, 2.05) is 0 Å². The number of fused-ring (bicyclic) bond motifs is 1. The second-order valence-electron chi connectivity index (χ2n) is 3.33. The Hall–Kier alpha value is -1.26. The zero-order valence-corrected chi connectivity index (χ0v) is 9.31. The Labute approximate surface area is 100 Å². The average molecular weight is 262 g/mol. The number of hydrogen-bond acceptors (Lipinski definition) is 2. The SMILES string of the molecule is O=C(O)C1(Cl)C=Cc2cc(F)c(Cl)cc2N1. The van der Waals surface area contributed by atoms with E-state index in [2.05, 4.69) is 5.32 Å². The van der Waals surface area contributed by atoms with Crippen molar-refractivity contribution in [3.63, 3.8) is 0 Å². The summed E-state index contributed by atoms with van der Waals surface area (Å²) in [6.45, 7) is 0. The molecule has 1 aliphatic rings. The number of carboxylic acids is 1. The van der Waals surface area contributed by atoms with Crippen molar-refractivity contribution in [2.75, 3.05) is 5.32 Å². The van der Waals surface area contributed by atoms with Gasteiger partial charge in [0.25, 0.3) is 0 Å². The normalized spacial score (nSPS) is 22.4. The van der Waals surface area contributed by atoms with Crippen LogP contribution in [0, 0.1) is 5.82 Å². The fraction of sp³-hybridized carbons (Fsp3) is 0.100. The molecule has 0 saturated heterocycles. The number of hydrogen-bond donors (Lipinski definition) is 2. The lowest BCUT2D eigenvalue weighted by Crippen LogP contribution is -2.40. The van der Waals surface area contributed by atoms with Gasteiger partial charge in [0.15, 0.2) is 0 Å². The predicted molar refractivity (Wildman–Crippen MR) is 60.3 cm³/mol. The number of alkyl halides is 1. The number of carbonyl (C=O) groups is 1. The van der Waals surface area contributed by atoms with Crippen LogP contribution in [0.3, 0.4) is 0 Å². The second kappa shape index (κ2) is 3.64. The van der Waals surface area contributed by atoms with Crippen molar-refractivity contribution in [1.29, 1.82) is 0 Å². The van der Waals surface area contributed by atoms with Gasteiger partial charge in [0.05, 0.1) is 5.02 Å². The van der Waals surface area contributed by atoms with E-state index in [1.165, 1.54) is 24.3 Å². The number of benzene rings is 1. The summed E-state index contributed by atoms with van der Waals surface area (Å²) in [5.41, 5.74) is 0.880. The summed E-state index contributed by atoms with van der Waals surface area (Å²) in [5, 5.41) is 11.4. The maximum atomic E-state index is 13.1. The average Bonchev–Trinajstić information content (AvgIpc) is 2.20. The van der Waals surface area contributed by atoms with E-state index in [0.29, 0.717) is 11.3 Å². The highest BCUT2D eigenvalue weighted by Crippen LogP contribution is 2.34. The minimum absolute atomic E-state index is 0.0917. The maximum Gasteiger partial charge on any atom is 0.349 e. The molecule has 0 radical (unpaired) electrons. The highest BCUT2D eigenvalue weighted by molar-refractivity contribution is 6.37. The van der Waals surface area contributed by atoms with Gasteiger partial charge in [-0.2, -0.15) is 0 Å². The van der Waals surface area contributed by atoms with Crippen molar-refractivity contribution in [2.45, 2.75) is 5.00 Å². The molecule has 1 unspecified atom stereocenters. The molecule has 1 atom stereocenters. The zero-order valence-electron chi connectivity index (χ0n) is 7.80. The van der Waals surface area contributed by atoms with Crippen molar-refractivity contribution in [3.05, 3.63) is 34.6 Å². The second-order valence-corrected chi connectivity index (χ2v) is 4.33. The molecule has 0 amide bonds. The van der Waals surface area contributed by atoms with Crippen LogP contribution >= 0.6 is 23.2 Å². The first-order valence-electron chi connectivity index (χ1n) is 4.31. The highest BCUT2D eigenvalue weighted by atomic mass is 35.5. The number of halogens is 3. The smallest absolute Gasteiger partial charge is 0.349 e. The Morgan fingerprint density at radius 2 is 2.19 bits per heavy atom. The molecule has 0 bridgehead atoms. The fourth-order valence-electron chi connectivity index (χ4n) is 1.38. The first-order chi connectivity index (χ1) is 7.42. The zero-order chi connectivity index (χ0) is 11.9. The topological polar surface area (TPSA) is 49.3 Å². The standard InChI is InChI=1S/C10H6Cl2FNO2/c11-6-4-8-5(3-7(6)13)1-2-10(12,14-8)9(15)16/h1-4,14H,(H,15,16). The molecule has 16 heavy (non-hydrogen) atoms. The van der Waals surface area contributed by atoms with E-state index < -0.39 is 16.8 Å². The molecule has 2 N–H and O–H groups in total. The minimum Gasteiger partial charge on any atom is -0.478 e. The van der Waals surface area contributed by atoms with Crippen LogP contribution in [0.15, 0.2) is 18.2 Å². The summed E-state index contributed by atoms with van der Waals surface area (Å²) in [7, 11) is 0. The summed E-state index contributed by atoms with van der Waals surface area (Å²) in [6.07, 6.45) is 2.68. The molecule has 84 valence electrons. The third-order valence-corrected chi connectivity index (χ3v) is 2.88. The molecule has 1 aromatic carbocycles. The molecule has 0 saturated carbocycles. The van der Waals surface area contributed by atoms with Gasteiger partial charge < -0.3 is 10.4 Å². The van der Waals surface area contributed by atoms with Gasteiger partial charge in [-0.1, -0.05) is 29.3 Å². The quantitative estimate of drug-likeness (QED) is 0.604. The van der Waals surface area contributed by atoms with Gasteiger partial charge in [-0.05, 0) is 18.2 Å². The summed E-state index contributed by atoms with van der Waals surface area (Å²) in [5.74, 6) is -1.80. The van der Waals surface area contributed by atoms with Gasteiger partial charge in [0, 0.05) is 11.3 Å². The molecule has 0 aliphatic carbocycles. The summed E-state index contributed by atoms with van der Waals surface area (Å²) >= 11 is 11.4. The van der Waals surface area contributed by atoms with E-state index in [-0.39, 0.29) is 5.02 Å². The number of aliphatic carboxylic acids is 1. The summed E-state index contributed by atoms with van der Waals surface area (Å²) in [4.78, 5) is 9.17.